The molecule has 4 aromatic rings. The molecule has 0 atom stereocenters. The van der Waals surface area contributed by atoms with Crippen LogP contribution >= 0.6 is 6.19 Å². The molecule has 0 N–H and O–H groups in total. The molecule has 0 spiro atoms. The molecule has 0 radical (unpaired) electrons. The van der Waals surface area contributed by atoms with Gasteiger partial charge in [-0.3, -0.25) is 4.34 Å². The van der Waals surface area contributed by atoms with E-state index in [0.717, 1.165) is 25.1 Å². The van der Waals surface area contributed by atoms with Gasteiger partial charge in [-0.2, -0.15) is 0 Å². The summed E-state index contributed by atoms with van der Waals surface area (Å²) >= 11 is 6.53. The molecule has 4 rings (SSSR count). The zero-order valence-electron chi connectivity index (χ0n) is 18.0. The zero-order chi connectivity index (χ0) is 21.5. The molecule has 0 aliphatic rings. The van der Waals surface area contributed by atoms with Crippen LogP contribution in [0.2, 0.25) is 0 Å². The van der Waals surface area contributed by atoms with Crippen LogP contribution in [0.1, 0.15) is 36.3 Å². The lowest BCUT2D eigenvalue weighted by Crippen LogP contribution is -2.23. The number of aromatic nitrogens is 2. The minimum atomic E-state index is -2.22. The molecule has 0 aliphatic heterocycles. The highest BCUT2D eigenvalue weighted by molar-refractivity contribution is 8.21. The van der Waals surface area contributed by atoms with Crippen LogP contribution in [0, 0.1) is 6.92 Å². The molecule has 0 amide bonds. The maximum atomic E-state index is 6.53. The molecule has 1 heterocycles. The number of hydrogen-bond donors (Lipinski definition) is 0. The van der Waals surface area contributed by atoms with Gasteiger partial charge in [-0.25, -0.2) is 4.98 Å². The third-order valence-corrected chi connectivity index (χ3v) is 10.6. The lowest BCUT2D eigenvalue weighted by molar-refractivity contribution is 0.669. The van der Waals surface area contributed by atoms with Gasteiger partial charge in [0.05, 0.1) is 6.19 Å². The highest BCUT2D eigenvalue weighted by Crippen LogP contribution is 2.47. The van der Waals surface area contributed by atoms with Gasteiger partial charge in [0.1, 0.15) is 5.82 Å². The van der Waals surface area contributed by atoms with Gasteiger partial charge in [-0.15, -0.1) is 0 Å². The fourth-order valence-corrected chi connectivity index (χ4v) is 8.42. The van der Waals surface area contributed by atoms with Gasteiger partial charge < -0.3 is 0 Å². The van der Waals surface area contributed by atoms with E-state index in [1.807, 2.05) is 6.20 Å². The monoisotopic (exact) mass is 444 g/mol. The molecule has 2 nitrogen and oxygen atoms in total. The standard InChI is InChI=1S/C27H29N2PS/c1-23-28-22-25(17-9-3-8-16-24-14-6-2-7-15-24)29(23)30(31,26-18-10-4-11-19-26)27-20-12-5-13-21-27/h2,4-7,10-15,18-22H,3,8-9,16-17H2,1H3. The molecular weight excluding hydrogens is 415 g/mol. The summed E-state index contributed by atoms with van der Waals surface area (Å²) < 4.78 is 2.38. The Morgan fingerprint density at radius 2 is 1.23 bits per heavy atom. The van der Waals surface area contributed by atoms with Crippen LogP contribution in [0.15, 0.2) is 97.2 Å². The van der Waals surface area contributed by atoms with Crippen molar-refractivity contribution in [1.29, 1.82) is 0 Å². The second-order valence-electron chi connectivity index (χ2n) is 7.90. The van der Waals surface area contributed by atoms with Crippen molar-refractivity contribution in [3.8, 4) is 0 Å². The smallest absolute Gasteiger partial charge is 0.110 e. The van der Waals surface area contributed by atoms with Crippen LogP contribution in [-0.4, -0.2) is 9.32 Å². The summed E-state index contributed by atoms with van der Waals surface area (Å²) in [5, 5.41) is 2.42. The highest BCUT2D eigenvalue weighted by Gasteiger charge is 2.28. The van der Waals surface area contributed by atoms with Gasteiger partial charge in [-0.1, -0.05) is 109 Å². The van der Waals surface area contributed by atoms with Crippen molar-refractivity contribution < 1.29 is 0 Å². The summed E-state index contributed by atoms with van der Waals surface area (Å²) in [6.45, 7) is 2.09. The van der Waals surface area contributed by atoms with E-state index in [4.69, 9.17) is 16.8 Å². The Hall–Kier alpha value is -2.48. The average molecular weight is 445 g/mol. The van der Waals surface area contributed by atoms with Gasteiger partial charge in [-0.05, 0) is 38.2 Å². The van der Waals surface area contributed by atoms with E-state index in [2.05, 4.69) is 102 Å². The number of rotatable bonds is 9. The molecule has 0 saturated carbocycles. The van der Waals surface area contributed by atoms with E-state index < -0.39 is 6.19 Å². The number of benzene rings is 3. The molecule has 31 heavy (non-hydrogen) atoms. The lowest BCUT2D eigenvalue weighted by atomic mass is 10.1. The highest BCUT2D eigenvalue weighted by atomic mass is 32.4. The van der Waals surface area contributed by atoms with Crippen LogP contribution in [0.25, 0.3) is 0 Å². The SMILES string of the molecule is Cc1ncc(CCCCCc2ccccc2)n1P(=S)(c1ccccc1)c1ccccc1. The van der Waals surface area contributed by atoms with Crippen molar-refractivity contribution in [3.05, 3.63) is 114 Å². The van der Waals surface area contributed by atoms with Gasteiger partial charge in [0.2, 0.25) is 0 Å². The molecule has 4 heteroatoms. The molecule has 3 aromatic carbocycles. The minimum Gasteiger partial charge on any atom is -0.296 e. The largest absolute Gasteiger partial charge is 0.296 e. The second kappa shape index (κ2) is 10.2. The van der Waals surface area contributed by atoms with Gasteiger partial charge in [0.25, 0.3) is 0 Å². The first-order valence-corrected chi connectivity index (χ1v) is 13.7. The number of aryl methyl sites for hydroxylation is 3. The van der Waals surface area contributed by atoms with Gasteiger partial charge >= 0.3 is 0 Å². The van der Waals surface area contributed by atoms with Crippen LogP contribution < -0.4 is 10.6 Å². The quantitative estimate of drug-likeness (QED) is 0.231. The Labute approximate surface area is 191 Å². The van der Waals surface area contributed by atoms with E-state index >= 15 is 0 Å². The fraction of sp³-hybridized carbons (Fsp3) is 0.222. The number of imidazole rings is 1. The topological polar surface area (TPSA) is 17.8 Å². The van der Waals surface area contributed by atoms with E-state index in [0.29, 0.717) is 0 Å². The van der Waals surface area contributed by atoms with Crippen molar-refractivity contribution in [2.45, 2.75) is 39.0 Å². The Kier molecular flexibility index (Phi) is 7.17. The average Bonchev–Trinajstić information content (AvgIpc) is 3.21. The second-order valence-corrected chi connectivity index (χ2v) is 12.1. The van der Waals surface area contributed by atoms with Crippen molar-refractivity contribution >= 4 is 28.6 Å². The Balaban J connectivity index is 1.56. The van der Waals surface area contributed by atoms with Crippen molar-refractivity contribution in [2.75, 3.05) is 0 Å². The third kappa shape index (κ3) is 4.89. The van der Waals surface area contributed by atoms with Crippen LogP contribution in [0.3, 0.4) is 0 Å². The van der Waals surface area contributed by atoms with E-state index in [-0.39, 0.29) is 0 Å². The van der Waals surface area contributed by atoms with E-state index in [1.165, 1.54) is 34.7 Å². The van der Waals surface area contributed by atoms with Gasteiger partial charge in [0, 0.05) is 22.5 Å². The molecule has 0 aliphatic carbocycles. The molecule has 1 aromatic heterocycles. The molecule has 158 valence electrons. The molecule has 0 unspecified atom stereocenters. The van der Waals surface area contributed by atoms with Crippen LogP contribution in [-0.2, 0) is 24.6 Å². The summed E-state index contributed by atoms with van der Waals surface area (Å²) in [5.41, 5.74) is 2.68. The van der Waals surface area contributed by atoms with Crippen molar-refractivity contribution in [1.82, 2.24) is 9.32 Å². The minimum absolute atomic E-state index is 1.01. The summed E-state index contributed by atoms with van der Waals surface area (Å²) in [6.07, 6.45) is 5.54. The van der Waals surface area contributed by atoms with E-state index in [9.17, 15) is 0 Å². The lowest BCUT2D eigenvalue weighted by Gasteiger charge is -2.28. The normalized spacial score (nSPS) is 11.5. The third-order valence-electron chi connectivity index (χ3n) is 5.71. The van der Waals surface area contributed by atoms with E-state index in [1.54, 1.807) is 0 Å². The summed E-state index contributed by atoms with van der Waals surface area (Å²) in [6, 6.07) is 32.0. The first kappa shape index (κ1) is 21.7. The number of hydrogen-bond acceptors (Lipinski definition) is 2. The Morgan fingerprint density at radius 3 is 1.81 bits per heavy atom. The van der Waals surface area contributed by atoms with Crippen LogP contribution in [0.5, 0.6) is 0 Å². The Bertz CT molecular complexity index is 1090. The van der Waals surface area contributed by atoms with Crippen LogP contribution in [0.4, 0.5) is 0 Å². The molecular formula is C27H29N2PS. The van der Waals surface area contributed by atoms with Crippen molar-refractivity contribution in [3.63, 3.8) is 0 Å². The predicted octanol–water partition coefficient (Wildman–Crippen LogP) is 6.04. The predicted molar refractivity (Wildman–Crippen MR) is 136 cm³/mol. The first-order valence-electron chi connectivity index (χ1n) is 11.0. The summed E-state index contributed by atoms with van der Waals surface area (Å²) in [4.78, 5) is 4.70. The molecule has 0 bridgehead atoms. The fourth-order valence-electron chi connectivity index (χ4n) is 4.14. The Morgan fingerprint density at radius 1 is 0.710 bits per heavy atom. The zero-order valence-corrected chi connectivity index (χ0v) is 19.7. The summed E-state index contributed by atoms with van der Waals surface area (Å²) in [7, 11) is 0. The maximum absolute atomic E-state index is 6.53. The number of nitrogens with zero attached hydrogens (tertiary/aromatic N) is 2. The number of unbranched alkanes of at least 4 members (excludes halogenated alkanes) is 2. The van der Waals surface area contributed by atoms with Crippen molar-refractivity contribution in [2.24, 2.45) is 0 Å². The summed E-state index contributed by atoms with van der Waals surface area (Å²) in [5.74, 6) is 1.01. The molecule has 0 saturated heterocycles. The molecule has 0 fully saturated rings. The van der Waals surface area contributed by atoms with Gasteiger partial charge in [0.15, 0.2) is 0 Å². The maximum Gasteiger partial charge on any atom is 0.110 e. The first-order chi connectivity index (χ1) is 15.2.